The first-order valence-corrected chi connectivity index (χ1v) is 27.2. The molecule has 0 saturated carbocycles. The Balaban J connectivity index is 0.000000187. The molecule has 0 unspecified atom stereocenters. The van der Waals surface area contributed by atoms with Crippen LogP contribution in [0.15, 0.2) is 144 Å². The van der Waals surface area contributed by atoms with E-state index in [9.17, 15) is 0 Å². The van der Waals surface area contributed by atoms with Crippen LogP contribution in [-0.4, -0.2) is 28.2 Å². The quantitative estimate of drug-likeness (QED) is 0.123. The summed E-state index contributed by atoms with van der Waals surface area (Å²) >= 11 is -1.85. The summed E-state index contributed by atoms with van der Waals surface area (Å²) in [5.74, 6) is 7.23. The molecular weight excluding hydrogens is 959 g/mol. The number of fused-ring (bicyclic) bond motifs is 3. The summed E-state index contributed by atoms with van der Waals surface area (Å²) in [4.78, 5) is 14.0. The molecule has 4 aromatic heterocycles. The van der Waals surface area contributed by atoms with Crippen LogP contribution < -0.4 is 4.40 Å². The Morgan fingerprint density at radius 3 is 1.68 bits per heavy atom. The summed E-state index contributed by atoms with van der Waals surface area (Å²) in [6.45, 7) is 10.5. The Morgan fingerprint density at radius 1 is 0.492 bits per heavy atom. The molecule has 0 atom stereocenters. The zero-order valence-corrected chi connectivity index (χ0v) is 39.4. The molecule has 4 nitrogen and oxygen atoms in total. The minimum atomic E-state index is -1.85. The van der Waals surface area contributed by atoms with Crippen LogP contribution in [0.3, 0.4) is 0 Å². The van der Waals surface area contributed by atoms with Crippen molar-refractivity contribution in [2.75, 3.05) is 0 Å². The maximum Gasteiger partial charge on any atom is 0.121 e. The van der Waals surface area contributed by atoms with Gasteiger partial charge in [-0.05, 0) is 66.9 Å². The molecule has 0 aliphatic heterocycles. The van der Waals surface area contributed by atoms with E-state index in [-0.39, 0.29) is 20.1 Å². The topological polar surface area (TPSA) is 51.8 Å². The van der Waals surface area contributed by atoms with E-state index in [1.165, 1.54) is 37.8 Å². The molecular formula is C53H47GeIrN3O-2. The van der Waals surface area contributed by atoms with Crippen molar-refractivity contribution in [3.63, 3.8) is 0 Å². The maximum atomic E-state index is 6.20. The van der Waals surface area contributed by atoms with Crippen LogP contribution >= 0.6 is 0 Å². The van der Waals surface area contributed by atoms with Crippen molar-refractivity contribution in [3.8, 4) is 55.9 Å². The van der Waals surface area contributed by atoms with Crippen molar-refractivity contribution >= 4 is 39.6 Å². The van der Waals surface area contributed by atoms with Crippen molar-refractivity contribution < 1.29 is 24.5 Å². The molecule has 0 bridgehead atoms. The fourth-order valence-corrected chi connectivity index (χ4v) is 11.4. The zero-order chi connectivity index (χ0) is 40.6. The molecule has 0 N–H and O–H groups in total. The summed E-state index contributed by atoms with van der Waals surface area (Å²) in [5, 5.41) is 2.16. The summed E-state index contributed by atoms with van der Waals surface area (Å²) in [5.41, 5.74) is 18.6. The molecule has 0 aliphatic carbocycles. The van der Waals surface area contributed by atoms with Gasteiger partial charge in [0.15, 0.2) is 0 Å². The van der Waals surface area contributed by atoms with E-state index in [1.54, 1.807) is 0 Å². The predicted octanol–water partition coefficient (Wildman–Crippen LogP) is 13.5. The molecule has 6 heteroatoms. The van der Waals surface area contributed by atoms with E-state index in [0.29, 0.717) is 0 Å². The van der Waals surface area contributed by atoms with Gasteiger partial charge < -0.3 is 9.40 Å². The molecule has 9 rings (SSSR count). The molecule has 0 fully saturated rings. The van der Waals surface area contributed by atoms with Crippen LogP contribution in [0.2, 0.25) is 17.3 Å². The number of furan rings is 1. The van der Waals surface area contributed by atoms with Gasteiger partial charge in [-0.1, -0.05) is 53.9 Å². The minimum absolute atomic E-state index is 0. The number of benzene rings is 5. The van der Waals surface area contributed by atoms with Crippen molar-refractivity contribution in [2.24, 2.45) is 0 Å². The molecule has 1 radical (unpaired) electrons. The molecule has 59 heavy (non-hydrogen) atoms. The zero-order valence-electron chi connectivity index (χ0n) is 34.9. The maximum absolute atomic E-state index is 6.20. The average Bonchev–Trinajstić information content (AvgIpc) is 3.58. The van der Waals surface area contributed by atoms with Crippen LogP contribution in [0, 0.1) is 46.8 Å². The molecule has 0 aliphatic rings. The van der Waals surface area contributed by atoms with Gasteiger partial charge in [-0.2, -0.15) is 0 Å². The van der Waals surface area contributed by atoms with Crippen LogP contribution in [0.5, 0.6) is 0 Å². The average molecular weight is 1010 g/mol. The molecule has 0 spiro atoms. The monoisotopic (exact) mass is 1010 g/mol. The largest absolute Gasteiger partial charge is 0.500 e. The van der Waals surface area contributed by atoms with Gasteiger partial charge in [0.05, 0.1) is 5.58 Å². The third kappa shape index (κ3) is 9.09. The molecule has 9 aromatic rings. The Bertz CT molecular complexity index is 2910. The van der Waals surface area contributed by atoms with Crippen molar-refractivity contribution in [2.45, 2.75) is 51.9 Å². The molecule has 295 valence electrons. The predicted molar refractivity (Wildman–Crippen MR) is 245 cm³/mol. The van der Waals surface area contributed by atoms with E-state index in [1.807, 2.05) is 38.2 Å². The van der Waals surface area contributed by atoms with Gasteiger partial charge in [-0.3, -0.25) is 4.98 Å². The first kappa shape index (κ1) is 41.7. The number of aryl methyl sites for hydroxylation is 5. The first-order valence-electron chi connectivity index (χ1n) is 19.8. The first-order chi connectivity index (χ1) is 27.9. The number of nitrogens with zero attached hydrogens (tertiary/aromatic N) is 3. The van der Waals surface area contributed by atoms with Gasteiger partial charge in [0.25, 0.3) is 0 Å². The number of hydrogen-bond donors (Lipinski definition) is 0. The van der Waals surface area contributed by atoms with Crippen LogP contribution in [0.25, 0.3) is 77.8 Å². The van der Waals surface area contributed by atoms with Gasteiger partial charge in [0.1, 0.15) is 5.58 Å². The van der Waals surface area contributed by atoms with Crippen LogP contribution in [0.1, 0.15) is 28.1 Å². The second-order valence-corrected chi connectivity index (χ2v) is 26.8. The summed E-state index contributed by atoms with van der Waals surface area (Å²) < 4.78 is 7.68. The van der Waals surface area contributed by atoms with Crippen LogP contribution in [-0.2, 0) is 20.1 Å². The fourth-order valence-electron chi connectivity index (χ4n) is 7.84. The smallest absolute Gasteiger partial charge is 0.121 e. The van der Waals surface area contributed by atoms with Gasteiger partial charge >= 0.3 is 148 Å². The van der Waals surface area contributed by atoms with E-state index >= 15 is 0 Å². The number of pyridine rings is 3. The van der Waals surface area contributed by atoms with E-state index in [2.05, 4.69) is 171 Å². The Kier molecular flexibility index (Phi) is 12.3. The SMILES string of the molecule is Cc1cc(-c2cc(C)[c]([Ge]([CH3])([CH3])[CH3])cn2)[c-]cc1-c1ccccc1.Cc1cc(-c2ccc3c(c2)oc2c[c-]c(-c4cc(C)c(-c5ccccc5)cn4)cc23)cc(C)n1.[Ir]. The molecule has 5 aromatic carbocycles. The Labute approximate surface area is 364 Å². The third-order valence-corrected chi connectivity index (χ3v) is 15.2. The van der Waals surface area contributed by atoms with E-state index in [4.69, 9.17) is 14.4 Å². The summed E-state index contributed by atoms with van der Waals surface area (Å²) in [7, 11) is 0. The molecule has 0 amide bonds. The fraction of sp³-hybridized carbons (Fsp3) is 0.151. The van der Waals surface area contributed by atoms with Gasteiger partial charge in [0, 0.05) is 48.6 Å². The van der Waals surface area contributed by atoms with Crippen molar-refractivity contribution in [1.82, 2.24) is 15.0 Å². The Morgan fingerprint density at radius 2 is 1.07 bits per heavy atom. The summed E-state index contributed by atoms with van der Waals surface area (Å²) in [6.07, 6.45) is 4.05. The van der Waals surface area contributed by atoms with Crippen molar-refractivity contribution in [1.29, 1.82) is 0 Å². The normalized spacial score (nSPS) is 11.3. The van der Waals surface area contributed by atoms with Gasteiger partial charge in [-0.15, -0.1) is 23.8 Å². The number of aromatic nitrogens is 3. The standard InChI is InChI=1S/C31H23N2O.C22H24GeN.Ir/c1-19-13-29(32-18-28(19)22-7-5-4-6-8-22)24-10-12-30-27(16-24)26-11-9-23(17-31(26)34-30)25-14-20(2)33-21(3)15-25;1-16-13-19(11-12-20(16)18-9-7-6-8-10-18)22-14-17(2)21(15-24-22)23(3,4)5;/h4-9,11-18H,1-3H3;6-10,12-15H,1-5H3;/q2*-1;. The van der Waals surface area contributed by atoms with Gasteiger partial charge in [-0.25, -0.2) is 0 Å². The second kappa shape index (κ2) is 17.4. The van der Waals surface area contributed by atoms with Crippen LogP contribution in [0.4, 0.5) is 0 Å². The van der Waals surface area contributed by atoms with E-state index < -0.39 is 13.3 Å². The third-order valence-electron chi connectivity index (χ3n) is 10.7. The number of rotatable bonds is 6. The molecule has 4 heterocycles. The van der Waals surface area contributed by atoms with E-state index in [0.717, 1.165) is 72.5 Å². The van der Waals surface area contributed by atoms with Gasteiger partial charge in [0.2, 0.25) is 0 Å². The number of hydrogen-bond acceptors (Lipinski definition) is 4. The minimum Gasteiger partial charge on any atom is -0.500 e. The second-order valence-electron chi connectivity index (χ2n) is 16.3. The summed E-state index contributed by atoms with van der Waals surface area (Å²) in [6, 6.07) is 51.0. The van der Waals surface area contributed by atoms with Crippen molar-refractivity contribution in [3.05, 3.63) is 180 Å². The Hall–Kier alpha value is -5.46. The molecule has 0 saturated heterocycles.